The van der Waals surface area contributed by atoms with Gasteiger partial charge >= 0.3 is 0 Å². The van der Waals surface area contributed by atoms with Crippen molar-refractivity contribution < 1.29 is 9.59 Å². The second kappa shape index (κ2) is 7.10. The Morgan fingerprint density at radius 1 is 0.917 bits per heavy atom. The number of hydrogen-bond acceptors (Lipinski definition) is 3. The second-order valence-corrected chi connectivity index (χ2v) is 6.16. The minimum absolute atomic E-state index is 0.0997. The number of anilines is 2. The van der Waals surface area contributed by atoms with Gasteiger partial charge in [-0.05, 0) is 47.8 Å². The molecule has 0 fully saturated rings. The topological polar surface area (TPSA) is 49.4 Å². The van der Waals surface area contributed by atoms with E-state index in [1.54, 1.807) is 42.3 Å². The summed E-state index contributed by atoms with van der Waals surface area (Å²) in [5.74, 6) is -0.247. The van der Waals surface area contributed by atoms with E-state index >= 15 is 0 Å². The predicted octanol–water partition coefficient (Wildman–Crippen LogP) is 4.28. The molecule has 120 valence electrons. The average molecular weight is 336 g/mol. The van der Waals surface area contributed by atoms with Crippen LogP contribution in [0.25, 0.3) is 0 Å². The Morgan fingerprint density at radius 2 is 1.62 bits per heavy atom. The third-order valence-electron chi connectivity index (χ3n) is 3.58. The Morgan fingerprint density at radius 3 is 2.25 bits per heavy atom. The highest BCUT2D eigenvalue weighted by atomic mass is 32.1. The van der Waals surface area contributed by atoms with E-state index in [4.69, 9.17) is 0 Å². The van der Waals surface area contributed by atoms with E-state index in [2.05, 4.69) is 5.32 Å². The fourth-order valence-corrected chi connectivity index (χ4v) is 2.88. The van der Waals surface area contributed by atoms with E-state index in [-0.39, 0.29) is 11.8 Å². The summed E-state index contributed by atoms with van der Waals surface area (Å²) in [5, 5.41) is 4.68. The first-order valence-corrected chi connectivity index (χ1v) is 8.31. The lowest BCUT2D eigenvalue weighted by Gasteiger charge is -2.17. The van der Waals surface area contributed by atoms with Crippen molar-refractivity contribution in [1.82, 2.24) is 0 Å². The summed E-state index contributed by atoms with van der Waals surface area (Å²) in [6.45, 7) is 0. The number of carbonyl (C=O) groups excluding carboxylic acids is 2. The molecule has 3 aromatic rings. The van der Waals surface area contributed by atoms with Gasteiger partial charge in [0.05, 0.1) is 4.88 Å². The van der Waals surface area contributed by atoms with Gasteiger partial charge in [-0.15, -0.1) is 11.3 Å². The van der Waals surface area contributed by atoms with Crippen LogP contribution in [0, 0.1) is 0 Å². The van der Waals surface area contributed by atoms with Crippen LogP contribution in [-0.2, 0) is 0 Å². The lowest BCUT2D eigenvalue weighted by atomic mass is 10.1. The van der Waals surface area contributed by atoms with Crippen molar-refractivity contribution in [2.75, 3.05) is 17.3 Å². The lowest BCUT2D eigenvalue weighted by Crippen LogP contribution is -2.26. The van der Waals surface area contributed by atoms with Gasteiger partial charge in [0.1, 0.15) is 0 Å². The maximum Gasteiger partial charge on any atom is 0.265 e. The summed E-state index contributed by atoms with van der Waals surface area (Å²) in [7, 11) is 1.74. The standard InChI is InChI=1S/C19H16N2O2S/c1-21(16-6-3-2-4-7-16)19(23)14-9-11-15(12-10-14)20-18(22)17-8-5-13-24-17/h2-13H,1H3,(H,20,22). The fourth-order valence-electron chi connectivity index (χ4n) is 2.26. The van der Waals surface area contributed by atoms with Gasteiger partial charge in [-0.3, -0.25) is 9.59 Å². The van der Waals surface area contributed by atoms with Gasteiger partial charge in [0, 0.05) is 24.0 Å². The molecular weight excluding hydrogens is 320 g/mol. The fraction of sp³-hybridized carbons (Fsp3) is 0.0526. The smallest absolute Gasteiger partial charge is 0.265 e. The molecule has 1 heterocycles. The van der Waals surface area contributed by atoms with E-state index in [9.17, 15) is 9.59 Å². The summed E-state index contributed by atoms with van der Waals surface area (Å²) >= 11 is 1.39. The van der Waals surface area contributed by atoms with Crippen LogP contribution in [0.1, 0.15) is 20.0 Å². The van der Waals surface area contributed by atoms with Crippen molar-refractivity contribution in [2.45, 2.75) is 0 Å². The minimum Gasteiger partial charge on any atom is -0.321 e. The van der Waals surface area contributed by atoms with Gasteiger partial charge < -0.3 is 10.2 Å². The van der Waals surface area contributed by atoms with Gasteiger partial charge in [0.15, 0.2) is 0 Å². The van der Waals surface area contributed by atoms with Crippen LogP contribution >= 0.6 is 11.3 Å². The highest BCUT2D eigenvalue weighted by molar-refractivity contribution is 7.12. The molecule has 3 rings (SSSR count). The largest absolute Gasteiger partial charge is 0.321 e. The third kappa shape index (κ3) is 3.52. The Hall–Kier alpha value is -2.92. The van der Waals surface area contributed by atoms with Crippen molar-refractivity contribution in [2.24, 2.45) is 0 Å². The number of rotatable bonds is 4. The Kier molecular flexibility index (Phi) is 4.72. The van der Waals surface area contributed by atoms with Crippen molar-refractivity contribution in [1.29, 1.82) is 0 Å². The zero-order valence-electron chi connectivity index (χ0n) is 13.1. The summed E-state index contributed by atoms with van der Waals surface area (Å²) in [5.41, 5.74) is 2.06. The van der Waals surface area contributed by atoms with Crippen LogP contribution in [0.15, 0.2) is 72.1 Å². The molecule has 4 nitrogen and oxygen atoms in total. The number of carbonyl (C=O) groups is 2. The number of para-hydroxylation sites is 1. The van der Waals surface area contributed by atoms with Gasteiger partial charge in [-0.1, -0.05) is 24.3 Å². The zero-order chi connectivity index (χ0) is 16.9. The molecule has 0 radical (unpaired) electrons. The summed E-state index contributed by atoms with van der Waals surface area (Å²) in [6.07, 6.45) is 0. The molecule has 0 unspecified atom stereocenters. The molecule has 0 saturated heterocycles. The maximum atomic E-state index is 12.5. The molecule has 0 spiro atoms. The first kappa shape index (κ1) is 16.0. The first-order valence-electron chi connectivity index (χ1n) is 7.43. The van der Waals surface area contributed by atoms with E-state index < -0.39 is 0 Å². The first-order chi connectivity index (χ1) is 11.6. The van der Waals surface area contributed by atoms with Crippen LogP contribution in [0.5, 0.6) is 0 Å². The van der Waals surface area contributed by atoms with Gasteiger partial charge in [0.2, 0.25) is 0 Å². The SMILES string of the molecule is CN(C(=O)c1ccc(NC(=O)c2cccs2)cc1)c1ccccc1. The number of thiophene rings is 1. The summed E-state index contributed by atoms with van der Waals surface area (Å²) < 4.78 is 0. The van der Waals surface area contributed by atoms with Crippen LogP contribution in [0.4, 0.5) is 11.4 Å². The predicted molar refractivity (Wildman–Crippen MR) is 97.9 cm³/mol. The van der Waals surface area contributed by atoms with Crippen LogP contribution in [0.2, 0.25) is 0 Å². The third-order valence-corrected chi connectivity index (χ3v) is 4.45. The van der Waals surface area contributed by atoms with Crippen molar-refractivity contribution in [3.8, 4) is 0 Å². The molecule has 1 N–H and O–H groups in total. The van der Waals surface area contributed by atoms with Crippen LogP contribution in [-0.4, -0.2) is 18.9 Å². The van der Waals surface area contributed by atoms with Gasteiger partial charge in [0.25, 0.3) is 11.8 Å². The monoisotopic (exact) mass is 336 g/mol. The van der Waals surface area contributed by atoms with Crippen molar-refractivity contribution in [3.63, 3.8) is 0 Å². The molecule has 0 bridgehead atoms. The van der Waals surface area contributed by atoms with E-state index in [0.717, 1.165) is 5.69 Å². The Bertz CT molecular complexity index is 828. The molecule has 0 atom stereocenters. The summed E-state index contributed by atoms with van der Waals surface area (Å²) in [6, 6.07) is 20.0. The Balaban J connectivity index is 1.70. The molecule has 0 aliphatic rings. The van der Waals surface area contributed by atoms with Gasteiger partial charge in [-0.25, -0.2) is 0 Å². The molecule has 0 aliphatic heterocycles. The highest BCUT2D eigenvalue weighted by Gasteiger charge is 2.13. The summed E-state index contributed by atoms with van der Waals surface area (Å²) in [4.78, 5) is 26.8. The van der Waals surface area contributed by atoms with Crippen molar-refractivity contribution in [3.05, 3.63) is 82.6 Å². The van der Waals surface area contributed by atoms with E-state index in [0.29, 0.717) is 16.1 Å². The average Bonchev–Trinajstić information content (AvgIpc) is 3.17. The molecule has 1 aromatic heterocycles. The second-order valence-electron chi connectivity index (χ2n) is 5.21. The molecule has 5 heteroatoms. The maximum absolute atomic E-state index is 12.5. The zero-order valence-corrected chi connectivity index (χ0v) is 13.9. The number of hydrogen-bond donors (Lipinski definition) is 1. The van der Waals surface area contributed by atoms with Crippen LogP contribution in [0.3, 0.4) is 0 Å². The normalized spacial score (nSPS) is 10.2. The lowest BCUT2D eigenvalue weighted by molar-refractivity contribution is 0.0991. The number of amides is 2. The number of benzene rings is 2. The Labute approximate surface area is 144 Å². The molecule has 2 aromatic carbocycles. The van der Waals surface area contributed by atoms with Gasteiger partial charge in [-0.2, -0.15) is 0 Å². The molecular formula is C19H16N2O2S. The number of nitrogens with zero attached hydrogens (tertiary/aromatic N) is 1. The number of nitrogens with one attached hydrogen (secondary N) is 1. The quantitative estimate of drug-likeness (QED) is 0.773. The van der Waals surface area contributed by atoms with E-state index in [1.165, 1.54) is 11.3 Å². The van der Waals surface area contributed by atoms with E-state index in [1.807, 2.05) is 41.8 Å². The van der Waals surface area contributed by atoms with Crippen LogP contribution < -0.4 is 10.2 Å². The highest BCUT2D eigenvalue weighted by Crippen LogP contribution is 2.18. The van der Waals surface area contributed by atoms with Crippen molar-refractivity contribution >= 4 is 34.5 Å². The molecule has 0 saturated carbocycles. The molecule has 2 amide bonds. The molecule has 0 aliphatic carbocycles. The minimum atomic E-state index is -0.148. The molecule has 24 heavy (non-hydrogen) atoms.